The van der Waals surface area contributed by atoms with Gasteiger partial charge in [-0.15, -0.1) is 11.3 Å². The number of rotatable bonds is 5. The van der Waals surface area contributed by atoms with Crippen LogP contribution >= 0.6 is 11.3 Å². The van der Waals surface area contributed by atoms with Crippen LogP contribution in [0.5, 0.6) is 0 Å². The molecule has 152 valence electrons. The number of hydrogen-bond donors (Lipinski definition) is 1. The third-order valence-corrected chi connectivity index (χ3v) is 6.11. The van der Waals surface area contributed by atoms with E-state index in [4.69, 9.17) is 9.15 Å². The molecule has 0 saturated heterocycles. The predicted octanol–water partition coefficient (Wildman–Crippen LogP) is 4.46. The number of amides is 1. The van der Waals surface area contributed by atoms with Crippen molar-refractivity contribution < 1.29 is 18.7 Å². The zero-order chi connectivity index (χ0) is 20.9. The smallest absolute Gasteiger partial charge is 0.417 e. The second kappa shape index (κ2) is 8.84. The summed E-state index contributed by atoms with van der Waals surface area (Å²) in [6.45, 7) is 0.325. The molecular formula is C22H19N3O4S. The van der Waals surface area contributed by atoms with E-state index in [-0.39, 0.29) is 11.8 Å². The van der Waals surface area contributed by atoms with Gasteiger partial charge in [-0.3, -0.25) is 9.36 Å². The highest BCUT2D eigenvalue weighted by atomic mass is 32.1. The van der Waals surface area contributed by atoms with E-state index in [0.717, 1.165) is 28.8 Å². The molecule has 0 spiro atoms. The van der Waals surface area contributed by atoms with E-state index in [0.29, 0.717) is 23.6 Å². The van der Waals surface area contributed by atoms with E-state index < -0.39 is 6.09 Å². The summed E-state index contributed by atoms with van der Waals surface area (Å²) in [5.41, 5.74) is 2.31. The fourth-order valence-electron chi connectivity index (χ4n) is 3.42. The first-order valence-corrected chi connectivity index (χ1v) is 10.3. The molecular weight excluding hydrogens is 402 g/mol. The Bertz CT molecular complexity index is 1100. The zero-order valence-corrected chi connectivity index (χ0v) is 16.9. The van der Waals surface area contributed by atoms with Gasteiger partial charge in [0.15, 0.2) is 0 Å². The number of aromatic nitrogens is 1. The topological polar surface area (TPSA) is 97.3 Å². The van der Waals surface area contributed by atoms with Crippen molar-refractivity contribution in [2.75, 3.05) is 11.9 Å². The van der Waals surface area contributed by atoms with Crippen molar-refractivity contribution in [1.29, 1.82) is 5.26 Å². The van der Waals surface area contributed by atoms with Gasteiger partial charge in [0.2, 0.25) is 5.91 Å². The SMILES string of the molecule is N#Cc1c(NC(=O)C=Cc2ccoc2)sc2c1CCC(COC(=O)n1cccc1)C2. The molecule has 0 fully saturated rings. The number of nitrogens with zero attached hydrogens (tertiary/aromatic N) is 2. The van der Waals surface area contributed by atoms with Crippen molar-refractivity contribution in [3.63, 3.8) is 0 Å². The number of carbonyl (C=O) groups excluding carboxylic acids is 2. The van der Waals surface area contributed by atoms with Gasteiger partial charge < -0.3 is 14.5 Å². The third kappa shape index (κ3) is 4.36. The largest absolute Gasteiger partial charge is 0.472 e. The molecule has 3 aromatic rings. The highest BCUT2D eigenvalue weighted by Gasteiger charge is 2.27. The standard InChI is InChI=1S/C22H19N3O4S/c23-12-18-17-5-3-16(14-29-22(27)25-8-1-2-9-25)11-19(17)30-21(18)24-20(26)6-4-15-7-10-28-13-15/h1-2,4,6-10,13,16H,3,5,11,14H2,(H,24,26). The Kier molecular flexibility index (Phi) is 5.82. The van der Waals surface area contributed by atoms with Gasteiger partial charge >= 0.3 is 6.09 Å². The number of nitriles is 1. The number of thiophene rings is 1. The maximum absolute atomic E-state index is 12.3. The lowest BCUT2D eigenvalue weighted by molar-refractivity contribution is -0.111. The maximum atomic E-state index is 12.3. The van der Waals surface area contributed by atoms with Crippen LogP contribution in [0.25, 0.3) is 6.08 Å². The van der Waals surface area contributed by atoms with Gasteiger partial charge in [-0.2, -0.15) is 5.26 Å². The van der Waals surface area contributed by atoms with Crippen LogP contribution in [0, 0.1) is 17.2 Å². The molecule has 0 saturated carbocycles. The minimum Gasteiger partial charge on any atom is -0.472 e. The molecule has 3 aromatic heterocycles. The number of furan rings is 1. The molecule has 30 heavy (non-hydrogen) atoms. The van der Waals surface area contributed by atoms with Crippen molar-refractivity contribution >= 4 is 34.4 Å². The Hall–Kier alpha value is -3.57. The van der Waals surface area contributed by atoms with Crippen molar-refractivity contribution in [1.82, 2.24) is 4.57 Å². The summed E-state index contributed by atoms with van der Waals surface area (Å²) in [5, 5.41) is 13.0. The van der Waals surface area contributed by atoms with Crippen molar-refractivity contribution in [3.8, 4) is 6.07 Å². The number of nitrogens with one attached hydrogen (secondary N) is 1. The van der Waals surface area contributed by atoms with E-state index in [1.165, 1.54) is 34.5 Å². The molecule has 0 radical (unpaired) electrons. The van der Waals surface area contributed by atoms with Gasteiger partial charge in [0.1, 0.15) is 11.1 Å². The maximum Gasteiger partial charge on any atom is 0.417 e. The quantitative estimate of drug-likeness (QED) is 0.614. The minimum atomic E-state index is -0.396. The molecule has 1 aliphatic carbocycles. The zero-order valence-electron chi connectivity index (χ0n) is 16.0. The lowest BCUT2D eigenvalue weighted by atomic mass is 9.88. The fraction of sp³-hybridized carbons (Fsp3) is 0.227. The molecule has 8 heteroatoms. The Morgan fingerprint density at radius 2 is 2.23 bits per heavy atom. The fourth-order valence-corrected chi connectivity index (χ4v) is 4.73. The third-order valence-electron chi connectivity index (χ3n) is 4.94. The van der Waals surface area contributed by atoms with Gasteiger partial charge in [0, 0.05) is 28.9 Å². The lowest BCUT2D eigenvalue weighted by Crippen LogP contribution is -2.22. The van der Waals surface area contributed by atoms with E-state index in [9.17, 15) is 14.9 Å². The van der Waals surface area contributed by atoms with Gasteiger partial charge in [-0.25, -0.2) is 4.79 Å². The Balaban J connectivity index is 1.40. The minimum absolute atomic E-state index is 0.187. The molecule has 0 aliphatic heterocycles. The molecule has 1 N–H and O–H groups in total. The number of anilines is 1. The Morgan fingerprint density at radius 1 is 1.40 bits per heavy atom. The van der Waals surface area contributed by atoms with Crippen LogP contribution in [-0.2, 0) is 22.4 Å². The first-order chi connectivity index (χ1) is 14.6. The van der Waals surface area contributed by atoms with Gasteiger partial charge in [0.25, 0.3) is 0 Å². The van der Waals surface area contributed by atoms with Crippen LogP contribution in [-0.4, -0.2) is 23.2 Å². The second-order valence-electron chi connectivity index (χ2n) is 6.98. The first-order valence-electron chi connectivity index (χ1n) is 9.50. The van der Waals surface area contributed by atoms with Gasteiger partial charge in [-0.05, 0) is 55.0 Å². The van der Waals surface area contributed by atoms with Crippen LogP contribution < -0.4 is 5.32 Å². The predicted molar refractivity (Wildman–Crippen MR) is 112 cm³/mol. The van der Waals surface area contributed by atoms with Crippen molar-refractivity contribution in [3.05, 3.63) is 70.8 Å². The summed E-state index contributed by atoms with van der Waals surface area (Å²) in [4.78, 5) is 25.3. The summed E-state index contributed by atoms with van der Waals surface area (Å²) in [5.74, 6) is -0.116. The van der Waals surface area contributed by atoms with Crippen LogP contribution in [0.4, 0.5) is 9.80 Å². The summed E-state index contributed by atoms with van der Waals surface area (Å²) < 4.78 is 11.8. The first kappa shape index (κ1) is 19.7. The van der Waals surface area contributed by atoms with Crippen molar-refractivity contribution in [2.45, 2.75) is 19.3 Å². The Labute approximate surface area is 177 Å². The summed E-state index contributed by atoms with van der Waals surface area (Å²) in [6, 6.07) is 7.51. The van der Waals surface area contributed by atoms with Crippen LogP contribution in [0.3, 0.4) is 0 Å². The highest BCUT2D eigenvalue weighted by Crippen LogP contribution is 2.39. The monoisotopic (exact) mass is 421 g/mol. The van der Waals surface area contributed by atoms with E-state index in [2.05, 4.69) is 11.4 Å². The number of hydrogen-bond acceptors (Lipinski definition) is 6. The average Bonchev–Trinajstić information content (AvgIpc) is 3.51. The molecule has 0 aromatic carbocycles. The molecule has 1 unspecified atom stereocenters. The Morgan fingerprint density at radius 3 is 2.97 bits per heavy atom. The van der Waals surface area contributed by atoms with Gasteiger partial charge in [0.05, 0.1) is 24.7 Å². The van der Waals surface area contributed by atoms with Crippen LogP contribution in [0.15, 0.2) is 53.6 Å². The van der Waals surface area contributed by atoms with Crippen LogP contribution in [0.1, 0.15) is 28.0 Å². The average molecular weight is 421 g/mol. The number of carbonyl (C=O) groups is 2. The molecule has 0 bridgehead atoms. The molecule has 7 nitrogen and oxygen atoms in total. The summed E-state index contributed by atoms with van der Waals surface area (Å²) in [7, 11) is 0. The van der Waals surface area contributed by atoms with Crippen LogP contribution in [0.2, 0.25) is 0 Å². The second-order valence-corrected chi connectivity index (χ2v) is 8.08. The van der Waals surface area contributed by atoms with Crippen molar-refractivity contribution in [2.24, 2.45) is 5.92 Å². The molecule has 1 aliphatic rings. The summed E-state index contributed by atoms with van der Waals surface area (Å²) >= 11 is 1.42. The highest BCUT2D eigenvalue weighted by molar-refractivity contribution is 7.16. The molecule has 4 rings (SSSR count). The van der Waals surface area contributed by atoms with E-state index >= 15 is 0 Å². The normalized spacial score (nSPS) is 15.5. The van der Waals surface area contributed by atoms with Gasteiger partial charge in [-0.1, -0.05) is 0 Å². The number of fused-ring (bicyclic) bond motifs is 1. The lowest BCUT2D eigenvalue weighted by Gasteiger charge is -2.21. The van der Waals surface area contributed by atoms with E-state index in [1.54, 1.807) is 36.7 Å². The molecule has 3 heterocycles. The van der Waals surface area contributed by atoms with E-state index in [1.807, 2.05) is 0 Å². The summed E-state index contributed by atoms with van der Waals surface area (Å²) in [6.07, 6.45) is 11.3. The molecule has 1 amide bonds. The molecule has 1 atom stereocenters. The number of ether oxygens (including phenoxy) is 1.